The van der Waals surface area contributed by atoms with Crippen molar-refractivity contribution in [1.82, 2.24) is 0 Å². The Bertz CT molecular complexity index is 710. The fraction of sp³-hybridized carbons (Fsp3) is 0.176. The van der Waals surface area contributed by atoms with Crippen molar-refractivity contribution in [3.8, 4) is 11.1 Å². The summed E-state index contributed by atoms with van der Waals surface area (Å²) in [6.45, 7) is 0. The zero-order valence-corrected chi connectivity index (χ0v) is 13.8. The Labute approximate surface area is 137 Å². The van der Waals surface area contributed by atoms with Crippen molar-refractivity contribution in [2.75, 3.05) is 14.2 Å². The standard InChI is InChI=1S/C17H15BrO4/c1-21-16(19)13-5-3-4-12(9-13)14-7-6-11(10-18)8-15(14)17(20)22-2/h3-9H,10H2,1-2H3. The molecule has 2 aromatic carbocycles. The first-order valence-corrected chi connectivity index (χ1v) is 7.68. The van der Waals surface area contributed by atoms with E-state index in [0.717, 1.165) is 11.1 Å². The maximum atomic E-state index is 12.0. The summed E-state index contributed by atoms with van der Waals surface area (Å²) < 4.78 is 9.58. The van der Waals surface area contributed by atoms with E-state index in [2.05, 4.69) is 15.9 Å². The van der Waals surface area contributed by atoms with E-state index in [4.69, 9.17) is 9.47 Å². The summed E-state index contributed by atoms with van der Waals surface area (Å²) in [5, 5.41) is 0.638. The van der Waals surface area contributed by atoms with Crippen molar-refractivity contribution < 1.29 is 19.1 Å². The van der Waals surface area contributed by atoms with Crippen LogP contribution in [0.2, 0.25) is 0 Å². The number of alkyl halides is 1. The predicted octanol–water partition coefficient (Wildman–Crippen LogP) is 3.82. The minimum Gasteiger partial charge on any atom is -0.465 e. The van der Waals surface area contributed by atoms with Crippen LogP contribution >= 0.6 is 15.9 Å². The molecular formula is C17H15BrO4. The summed E-state index contributed by atoms with van der Waals surface area (Å²) in [5.74, 6) is -0.834. The predicted molar refractivity (Wildman–Crippen MR) is 87.2 cm³/mol. The van der Waals surface area contributed by atoms with E-state index in [1.165, 1.54) is 14.2 Å². The highest BCUT2D eigenvalue weighted by molar-refractivity contribution is 9.08. The third-order valence-electron chi connectivity index (χ3n) is 3.24. The van der Waals surface area contributed by atoms with Crippen LogP contribution in [0.5, 0.6) is 0 Å². The first-order valence-electron chi connectivity index (χ1n) is 6.56. The molecule has 2 aromatic rings. The average Bonchev–Trinajstić information content (AvgIpc) is 2.59. The molecule has 114 valence electrons. The van der Waals surface area contributed by atoms with E-state index in [1.54, 1.807) is 24.3 Å². The normalized spacial score (nSPS) is 10.1. The van der Waals surface area contributed by atoms with E-state index in [0.29, 0.717) is 22.0 Å². The Morgan fingerprint density at radius 3 is 2.36 bits per heavy atom. The van der Waals surface area contributed by atoms with Gasteiger partial charge in [-0.15, -0.1) is 0 Å². The topological polar surface area (TPSA) is 52.6 Å². The number of carbonyl (C=O) groups excluding carboxylic acids is 2. The fourth-order valence-electron chi connectivity index (χ4n) is 2.14. The molecule has 2 rings (SSSR count). The van der Waals surface area contributed by atoms with Crippen LogP contribution in [-0.4, -0.2) is 26.2 Å². The minimum atomic E-state index is -0.418. The molecule has 0 radical (unpaired) electrons. The zero-order valence-electron chi connectivity index (χ0n) is 12.3. The Morgan fingerprint density at radius 2 is 1.73 bits per heavy atom. The number of esters is 2. The van der Waals surface area contributed by atoms with Crippen LogP contribution in [-0.2, 0) is 14.8 Å². The van der Waals surface area contributed by atoms with Crippen LogP contribution < -0.4 is 0 Å². The number of halogens is 1. The van der Waals surface area contributed by atoms with Crippen LogP contribution in [0.15, 0.2) is 42.5 Å². The smallest absolute Gasteiger partial charge is 0.338 e. The number of methoxy groups -OCH3 is 2. The fourth-order valence-corrected chi connectivity index (χ4v) is 2.49. The molecule has 0 saturated carbocycles. The Hall–Kier alpha value is -2.14. The van der Waals surface area contributed by atoms with Gasteiger partial charge in [0, 0.05) is 5.33 Å². The van der Waals surface area contributed by atoms with Gasteiger partial charge >= 0.3 is 11.9 Å². The summed E-state index contributed by atoms with van der Waals surface area (Å²) in [4.78, 5) is 23.7. The van der Waals surface area contributed by atoms with Crippen LogP contribution in [0.3, 0.4) is 0 Å². The number of hydrogen-bond acceptors (Lipinski definition) is 4. The zero-order chi connectivity index (χ0) is 16.1. The summed E-state index contributed by atoms with van der Waals surface area (Å²) in [5.41, 5.74) is 3.32. The van der Waals surface area contributed by atoms with E-state index in [9.17, 15) is 9.59 Å². The molecule has 0 N–H and O–H groups in total. The molecule has 0 unspecified atom stereocenters. The number of rotatable bonds is 4. The maximum Gasteiger partial charge on any atom is 0.338 e. The molecule has 4 nitrogen and oxygen atoms in total. The summed E-state index contributed by atoms with van der Waals surface area (Å²) in [6, 6.07) is 12.5. The van der Waals surface area contributed by atoms with Crippen molar-refractivity contribution in [2.24, 2.45) is 0 Å². The second kappa shape index (κ2) is 7.22. The molecule has 0 aliphatic heterocycles. The lowest BCUT2D eigenvalue weighted by Gasteiger charge is -2.11. The van der Waals surface area contributed by atoms with Crippen LogP contribution in [0.1, 0.15) is 26.3 Å². The lowest BCUT2D eigenvalue weighted by molar-refractivity contribution is 0.0593. The van der Waals surface area contributed by atoms with Gasteiger partial charge in [-0.2, -0.15) is 0 Å². The molecule has 0 saturated heterocycles. The summed E-state index contributed by atoms with van der Waals surface area (Å²) in [7, 11) is 2.68. The third-order valence-corrected chi connectivity index (χ3v) is 3.89. The van der Waals surface area contributed by atoms with E-state index < -0.39 is 11.9 Å². The molecule has 0 spiro atoms. The highest BCUT2D eigenvalue weighted by Gasteiger charge is 2.15. The highest BCUT2D eigenvalue weighted by atomic mass is 79.9. The molecule has 0 heterocycles. The van der Waals surface area contributed by atoms with Crippen molar-refractivity contribution in [1.29, 1.82) is 0 Å². The van der Waals surface area contributed by atoms with Crippen molar-refractivity contribution in [2.45, 2.75) is 5.33 Å². The molecule has 0 fully saturated rings. The maximum absolute atomic E-state index is 12.0. The molecule has 5 heteroatoms. The first kappa shape index (κ1) is 16.2. The van der Waals surface area contributed by atoms with Crippen LogP contribution in [0.25, 0.3) is 11.1 Å². The minimum absolute atomic E-state index is 0.415. The van der Waals surface area contributed by atoms with Gasteiger partial charge in [0.15, 0.2) is 0 Å². The SMILES string of the molecule is COC(=O)c1cccc(-c2ccc(CBr)cc2C(=O)OC)c1. The summed E-state index contributed by atoms with van der Waals surface area (Å²) >= 11 is 3.37. The van der Waals surface area contributed by atoms with E-state index >= 15 is 0 Å². The second-order valence-electron chi connectivity index (χ2n) is 4.58. The average molecular weight is 363 g/mol. The third kappa shape index (κ3) is 3.36. The van der Waals surface area contributed by atoms with Gasteiger partial charge in [0.1, 0.15) is 0 Å². The Balaban J connectivity index is 2.56. The van der Waals surface area contributed by atoms with Gasteiger partial charge in [-0.25, -0.2) is 9.59 Å². The molecule has 0 aliphatic carbocycles. The monoisotopic (exact) mass is 362 g/mol. The van der Waals surface area contributed by atoms with Gasteiger partial charge < -0.3 is 9.47 Å². The quantitative estimate of drug-likeness (QED) is 0.612. The van der Waals surface area contributed by atoms with Gasteiger partial charge in [-0.1, -0.05) is 40.2 Å². The highest BCUT2D eigenvalue weighted by Crippen LogP contribution is 2.27. The van der Waals surface area contributed by atoms with Crippen molar-refractivity contribution in [3.63, 3.8) is 0 Å². The Morgan fingerprint density at radius 1 is 1.00 bits per heavy atom. The van der Waals surface area contributed by atoms with E-state index in [-0.39, 0.29) is 0 Å². The first-order chi connectivity index (χ1) is 10.6. The molecule has 0 bridgehead atoms. The van der Waals surface area contributed by atoms with Crippen LogP contribution in [0, 0.1) is 0 Å². The van der Waals surface area contributed by atoms with Gasteiger partial charge in [-0.05, 0) is 34.9 Å². The molecule has 0 aliphatic rings. The largest absolute Gasteiger partial charge is 0.465 e. The lowest BCUT2D eigenvalue weighted by Crippen LogP contribution is -2.05. The van der Waals surface area contributed by atoms with Gasteiger partial charge in [0.25, 0.3) is 0 Å². The molecule has 0 amide bonds. The number of hydrogen-bond donors (Lipinski definition) is 0. The van der Waals surface area contributed by atoms with Crippen molar-refractivity contribution >= 4 is 27.9 Å². The van der Waals surface area contributed by atoms with Gasteiger partial charge in [0.2, 0.25) is 0 Å². The molecule has 0 atom stereocenters. The molecular weight excluding hydrogens is 348 g/mol. The Kier molecular flexibility index (Phi) is 5.33. The van der Waals surface area contributed by atoms with Crippen molar-refractivity contribution in [3.05, 3.63) is 59.2 Å². The number of carbonyl (C=O) groups is 2. The second-order valence-corrected chi connectivity index (χ2v) is 5.14. The summed E-state index contributed by atoms with van der Waals surface area (Å²) in [6.07, 6.45) is 0. The molecule has 0 aromatic heterocycles. The number of benzene rings is 2. The van der Waals surface area contributed by atoms with E-state index in [1.807, 2.05) is 18.2 Å². The lowest BCUT2D eigenvalue weighted by atomic mass is 9.96. The van der Waals surface area contributed by atoms with Gasteiger partial charge in [-0.3, -0.25) is 0 Å². The molecule has 22 heavy (non-hydrogen) atoms. The van der Waals surface area contributed by atoms with Gasteiger partial charge in [0.05, 0.1) is 25.3 Å². The number of ether oxygens (including phenoxy) is 2. The van der Waals surface area contributed by atoms with Crippen LogP contribution in [0.4, 0.5) is 0 Å².